The maximum Gasteiger partial charge on any atom is 0.260 e. The monoisotopic (exact) mass is 382 g/mol. The number of phenols is 1. The van der Waals surface area contributed by atoms with Crippen molar-refractivity contribution in [3.8, 4) is 5.75 Å². The van der Waals surface area contributed by atoms with Crippen molar-refractivity contribution in [3.05, 3.63) is 102 Å². The van der Waals surface area contributed by atoms with Crippen molar-refractivity contribution in [1.29, 1.82) is 0 Å². The lowest BCUT2D eigenvalue weighted by molar-refractivity contribution is 0.101. The third kappa shape index (κ3) is 3.94. The first-order chi connectivity index (χ1) is 14.1. The number of carbonyl (C=O) groups excluding carboxylic acids is 2. The van der Waals surface area contributed by atoms with Gasteiger partial charge in [0.15, 0.2) is 0 Å². The molecule has 0 saturated heterocycles. The van der Waals surface area contributed by atoms with Crippen molar-refractivity contribution in [3.63, 3.8) is 0 Å². The van der Waals surface area contributed by atoms with Crippen molar-refractivity contribution in [2.24, 2.45) is 0 Å². The van der Waals surface area contributed by atoms with Gasteiger partial charge in [0.05, 0.1) is 5.56 Å². The van der Waals surface area contributed by atoms with Crippen LogP contribution in [0.5, 0.6) is 5.75 Å². The summed E-state index contributed by atoms with van der Waals surface area (Å²) in [5, 5.41) is 17.4. The molecule has 0 saturated carbocycles. The van der Waals surface area contributed by atoms with Gasteiger partial charge in [0.1, 0.15) is 5.75 Å². The van der Waals surface area contributed by atoms with E-state index in [2.05, 4.69) is 10.6 Å². The lowest BCUT2D eigenvalue weighted by Gasteiger charge is -2.11. The molecule has 0 heterocycles. The zero-order valence-electron chi connectivity index (χ0n) is 15.4. The number of nitrogens with one attached hydrogen (secondary N) is 2. The Morgan fingerprint density at radius 1 is 0.621 bits per heavy atom. The molecule has 29 heavy (non-hydrogen) atoms. The molecule has 4 rings (SSSR count). The fourth-order valence-corrected chi connectivity index (χ4v) is 3.12. The predicted octanol–water partition coefficient (Wildman–Crippen LogP) is 5.05. The van der Waals surface area contributed by atoms with E-state index in [-0.39, 0.29) is 17.2 Å². The van der Waals surface area contributed by atoms with Crippen LogP contribution in [0.4, 0.5) is 11.4 Å². The Balaban J connectivity index is 1.50. The number of aromatic hydroxyl groups is 1. The van der Waals surface area contributed by atoms with Crippen molar-refractivity contribution >= 4 is 34.0 Å². The Kier molecular flexibility index (Phi) is 4.95. The maximum atomic E-state index is 12.8. The number of hydrogen-bond acceptors (Lipinski definition) is 3. The molecule has 0 aliphatic heterocycles. The molecule has 2 amide bonds. The standard InChI is InChI=1S/C24H18N2O3/c27-21-15-10-16-6-4-5-9-20(16)22(21)24(29)26-19-13-11-18(12-14-19)25-23(28)17-7-2-1-3-8-17/h1-15,27H,(H,25,28)(H,26,29). The van der Waals surface area contributed by atoms with Crippen LogP contribution in [0, 0.1) is 0 Å². The minimum Gasteiger partial charge on any atom is -0.507 e. The number of hydrogen-bond donors (Lipinski definition) is 3. The summed E-state index contributed by atoms with van der Waals surface area (Å²) in [5.41, 5.74) is 1.96. The van der Waals surface area contributed by atoms with Gasteiger partial charge in [0.2, 0.25) is 0 Å². The molecule has 0 radical (unpaired) electrons. The largest absolute Gasteiger partial charge is 0.507 e. The van der Waals surface area contributed by atoms with E-state index in [4.69, 9.17) is 0 Å². The predicted molar refractivity (Wildman–Crippen MR) is 114 cm³/mol. The molecule has 142 valence electrons. The summed E-state index contributed by atoms with van der Waals surface area (Å²) < 4.78 is 0. The zero-order chi connectivity index (χ0) is 20.2. The summed E-state index contributed by atoms with van der Waals surface area (Å²) >= 11 is 0. The van der Waals surface area contributed by atoms with E-state index in [0.29, 0.717) is 22.3 Å². The van der Waals surface area contributed by atoms with Crippen molar-refractivity contribution in [2.45, 2.75) is 0 Å². The number of phenolic OH excluding ortho intramolecular Hbond substituents is 1. The summed E-state index contributed by atoms with van der Waals surface area (Å²) in [4.78, 5) is 25.0. The van der Waals surface area contributed by atoms with Crippen molar-refractivity contribution in [2.75, 3.05) is 10.6 Å². The minimum absolute atomic E-state index is 0.0760. The molecule has 0 unspecified atom stereocenters. The third-order valence-corrected chi connectivity index (χ3v) is 4.57. The van der Waals surface area contributed by atoms with Gasteiger partial charge >= 0.3 is 0 Å². The van der Waals surface area contributed by atoms with Crippen LogP contribution in [-0.4, -0.2) is 16.9 Å². The maximum absolute atomic E-state index is 12.8. The van der Waals surface area contributed by atoms with Crippen LogP contribution in [0.15, 0.2) is 91.0 Å². The number of fused-ring (bicyclic) bond motifs is 1. The van der Waals surface area contributed by atoms with Gasteiger partial charge in [0.25, 0.3) is 11.8 Å². The van der Waals surface area contributed by atoms with E-state index >= 15 is 0 Å². The smallest absolute Gasteiger partial charge is 0.260 e. The van der Waals surface area contributed by atoms with Gasteiger partial charge in [0, 0.05) is 16.9 Å². The van der Waals surface area contributed by atoms with Crippen LogP contribution in [-0.2, 0) is 0 Å². The molecule has 4 aromatic carbocycles. The summed E-state index contributed by atoms with van der Waals surface area (Å²) in [7, 11) is 0. The molecule has 3 N–H and O–H groups in total. The third-order valence-electron chi connectivity index (χ3n) is 4.57. The SMILES string of the molecule is O=C(Nc1ccc(NC(=O)c2c(O)ccc3ccccc23)cc1)c1ccccc1. The second-order valence-corrected chi connectivity index (χ2v) is 6.53. The highest BCUT2D eigenvalue weighted by atomic mass is 16.3. The van der Waals surface area contributed by atoms with Gasteiger partial charge in [-0.05, 0) is 53.2 Å². The molecule has 0 bridgehead atoms. The molecule has 0 fully saturated rings. The van der Waals surface area contributed by atoms with E-state index in [1.165, 1.54) is 6.07 Å². The molecule has 0 spiro atoms. The molecule has 0 aliphatic carbocycles. The average molecular weight is 382 g/mol. The number of anilines is 2. The van der Waals surface area contributed by atoms with Crippen LogP contribution in [0.3, 0.4) is 0 Å². The molecule has 0 aliphatic rings. The Morgan fingerprint density at radius 3 is 1.90 bits per heavy atom. The Hall–Kier alpha value is -4.12. The summed E-state index contributed by atoms with van der Waals surface area (Å²) in [6.07, 6.45) is 0. The highest BCUT2D eigenvalue weighted by molar-refractivity contribution is 6.15. The van der Waals surface area contributed by atoms with E-state index in [0.717, 1.165) is 5.39 Å². The van der Waals surface area contributed by atoms with Crippen LogP contribution in [0.25, 0.3) is 10.8 Å². The summed E-state index contributed by atoms with van der Waals surface area (Å²) in [6, 6.07) is 26.4. The van der Waals surface area contributed by atoms with E-state index in [1.54, 1.807) is 60.7 Å². The Labute approximate surface area is 167 Å². The Morgan fingerprint density at radius 2 is 1.21 bits per heavy atom. The Bertz CT molecular complexity index is 1190. The number of carbonyl (C=O) groups is 2. The second kappa shape index (κ2) is 7.86. The fourth-order valence-electron chi connectivity index (χ4n) is 3.12. The fraction of sp³-hybridized carbons (Fsp3) is 0. The second-order valence-electron chi connectivity index (χ2n) is 6.53. The summed E-state index contributed by atoms with van der Waals surface area (Å²) in [6.45, 7) is 0. The molecule has 0 aromatic heterocycles. The van der Waals surface area contributed by atoms with Crippen LogP contribution in [0.1, 0.15) is 20.7 Å². The minimum atomic E-state index is -0.402. The van der Waals surface area contributed by atoms with E-state index < -0.39 is 5.91 Å². The average Bonchev–Trinajstić information content (AvgIpc) is 2.75. The van der Waals surface area contributed by atoms with Crippen LogP contribution < -0.4 is 10.6 Å². The first kappa shape index (κ1) is 18.3. The lowest BCUT2D eigenvalue weighted by atomic mass is 10.0. The van der Waals surface area contributed by atoms with Gasteiger partial charge < -0.3 is 15.7 Å². The molecular formula is C24H18N2O3. The zero-order valence-corrected chi connectivity index (χ0v) is 15.4. The first-order valence-corrected chi connectivity index (χ1v) is 9.10. The topological polar surface area (TPSA) is 78.4 Å². The molecular weight excluding hydrogens is 364 g/mol. The lowest BCUT2D eigenvalue weighted by Crippen LogP contribution is -2.13. The van der Waals surface area contributed by atoms with Crippen LogP contribution >= 0.6 is 0 Å². The highest BCUT2D eigenvalue weighted by Crippen LogP contribution is 2.28. The van der Waals surface area contributed by atoms with Gasteiger partial charge in [-0.1, -0.05) is 48.5 Å². The molecule has 5 nitrogen and oxygen atoms in total. The number of rotatable bonds is 4. The van der Waals surface area contributed by atoms with Crippen LogP contribution in [0.2, 0.25) is 0 Å². The quantitative estimate of drug-likeness (QED) is 0.462. The van der Waals surface area contributed by atoms with Crippen molar-refractivity contribution < 1.29 is 14.7 Å². The number of benzene rings is 4. The van der Waals surface area contributed by atoms with Crippen molar-refractivity contribution in [1.82, 2.24) is 0 Å². The van der Waals surface area contributed by atoms with Gasteiger partial charge in [-0.25, -0.2) is 0 Å². The normalized spacial score (nSPS) is 10.5. The molecule has 5 heteroatoms. The van der Waals surface area contributed by atoms with E-state index in [1.807, 2.05) is 24.3 Å². The molecule has 4 aromatic rings. The molecule has 0 atom stereocenters. The first-order valence-electron chi connectivity index (χ1n) is 9.10. The van der Waals surface area contributed by atoms with E-state index in [9.17, 15) is 14.7 Å². The van der Waals surface area contributed by atoms with Gasteiger partial charge in [-0.2, -0.15) is 0 Å². The van der Waals surface area contributed by atoms with Gasteiger partial charge in [-0.3, -0.25) is 9.59 Å². The summed E-state index contributed by atoms with van der Waals surface area (Å²) in [5.74, 6) is -0.684. The number of amides is 2. The highest BCUT2D eigenvalue weighted by Gasteiger charge is 2.15. The van der Waals surface area contributed by atoms with Gasteiger partial charge in [-0.15, -0.1) is 0 Å².